The normalized spacial score (nSPS) is 22.1. The second kappa shape index (κ2) is 6.59. The molecule has 0 radical (unpaired) electrons. The van der Waals surface area contributed by atoms with Crippen LogP contribution in [0.15, 0.2) is 0 Å². The van der Waals surface area contributed by atoms with Crippen molar-refractivity contribution < 1.29 is 14.3 Å². The van der Waals surface area contributed by atoms with Crippen molar-refractivity contribution >= 4 is 11.9 Å². The molecule has 98 valence electrons. The first kappa shape index (κ1) is 14.0. The fourth-order valence-corrected chi connectivity index (χ4v) is 2.03. The van der Waals surface area contributed by atoms with Gasteiger partial charge in [-0.05, 0) is 33.7 Å². The Balaban J connectivity index is 2.54. The molecule has 1 fully saturated rings. The monoisotopic (exact) mass is 242 g/mol. The van der Waals surface area contributed by atoms with Gasteiger partial charge in [-0.15, -0.1) is 0 Å². The molecule has 0 saturated carbocycles. The van der Waals surface area contributed by atoms with Crippen LogP contribution in [0.2, 0.25) is 0 Å². The number of likely N-dealkylation sites (tertiary alicyclic amines) is 1. The van der Waals surface area contributed by atoms with Crippen LogP contribution in [-0.2, 0) is 14.3 Å². The summed E-state index contributed by atoms with van der Waals surface area (Å²) in [5.74, 6) is -0.277. The molecule has 0 spiro atoms. The first-order valence-corrected chi connectivity index (χ1v) is 6.22. The molecule has 2 unspecified atom stereocenters. The van der Waals surface area contributed by atoms with Crippen LogP contribution in [0.3, 0.4) is 0 Å². The average molecular weight is 242 g/mol. The van der Waals surface area contributed by atoms with Gasteiger partial charge in [-0.2, -0.15) is 0 Å². The number of carbonyl (C=O) groups excluding carboxylic acids is 2. The van der Waals surface area contributed by atoms with Crippen LogP contribution >= 0.6 is 0 Å². The number of amides is 1. The minimum absolute atomic E-state index is 0.0569. The first-order chi connectivity index (χ1) is 8.10. The number of nitrogens with zero attached hydrogens (tertiary/aromatic N) is 1. The zero-order valence-electron chi connectivity index (χ0n) is 10.9. The van der Waals surface area contributed by atoms with E-state index in [4.69, 9.17) is 4.74 Å². The number of piperidine rings is 1. The molecule has 0 aromatic heterocycles. The molecule has 0 aliphatic carbocycles. The van der Waals surface area contributed by atoms with E-state index in [9.17, 15) is 9.59 Å². The standard InChI is InChI=1S/C12H22N2O3/c1-4-17-12(16)10-6-5-7-14(8-10)11(15)9(2)13-3/h9-10,13H,4-8H2,1-3H3. The van der Waals surface area contributed by atoms with Crippen molar-refractivity contribution in [1.82, 2.24) is 10.2 Å². The predicted octanol–water partition coefficient (Wildman–Crippen LogP) is 0.396. The van der Waals surface area contributed by atoms with Crippen LogP contribution in [0.4, 0.5) is 0 Å². The molecule has 5 nitrogen and oxygen atoms in total. The molecular formula is C12H22N2O3. The van der Waals surface area contributed by atoms with E-state index in [1.165, 1.54) is 0 Å². The Bertz CT molecular complexity index is 281. The van der Waals surface area contributed by atoms with Crippen LogP contribution in [0, 0.1) is 5.92 Å². The van der Waals surface area contributed by atoms with Gasteiger partial charge in [0.1, 0.15) is 0 Å². The lowest BCUT2D eigenvalue weighted by atomic mass is 9.97. The molecule has 1 aliphatic heterocycles. The van der Waals surface area contributed by atoms with Gasteiger partial charge in [0.15, 0.2) is 0 Å². The van der Waals surface area contributed by atoms with Gasteiger partial charge in [-0.25, -0.2) is 0 Å². The number of nitrogens with one attached hydrogen (secondary N) is 1. The van der Waals surface area contributed by atoms with E-state index in [1.54, 1.807) is 18.9 Å². The molecular weight excluding hydrogens is 220 g/mol. The number of hydrogen-bond acceptors (Lipinski definition) is 4. The largest absolute Gasteiger partial charge is 0.466 e. The second-order valence-electron chi connectivity index (χ2n) is 4.39. The van der Waals surface area contributed by atoms with Crippen molar-refractivity contribution in [3.63, 3.8) is 0 Å². The highest BCUT2D eigenvalue weighted by molar-refractivity contribution is 5.82. The molecule has 0 bridgehead atoms. The first-order valence-electron chi connectivity index (χ1n) is 6.22. The SMILES string of the molecule is CCOC(=O)C1CCCN(C(=O)C(C)NC)C1. The third kappa shape index (κ3) is 3.70. The number of carbonyl (C=O) groups is 2. The molecule has 0 aromatic rings. The molecule has 1 saturated heterocycles. The Labute approximate surface area is 102 Å². The van der Waals surface area contributed by atoms with Gasteiger partial charge in [0.2, 0.25) is 5.91 Å². The zero-order chi connectivity index (χ0) is 12.8. The van der Waals surface area contributed by atoms with E-state index < -0.39 is 0 Å². The van der Waals surface area contributed by atoms with E-state index in [2.05, 4.69) is 5.32 Å². The minimum atomic E-state index is -0.198. The van der Waals surface area contributed by atoms with E-state index in [0.717, 1.165) is 19.4 Å². The van der Waals surface area contributed by atoms with Crippen LogP contribution in [0.25, 0.3) is 0 Å². The molecule has 5 heteroatoms. The van der Waals surface area contributed by atoms with E-state index >= 15 is 0 Å². The lowest BCUT2D eigenvalue weighted by molar-refractivity contribution is -0.151. The van der Waals surface area contributed by atoms with Crippen LogP contribution in [0.5, 0.6) is 0 Å². The highest BCUT2D eigenvalue weighted by atomic mass is 16.5. The lowest BCUT2D eigenvalue weighted by Crippen LogP contribution is -2.49. The molecule has 2 atom stereocenters. The Morgan fingerprint density at radius 2 is 2.24 bits per heavy atom. The predicted molar refractivity (Wildman–Crippen MR) is 64.5 cm³/mol. The topological polar surface area (TPSA) is 58.6 Å². The van der Waals surface area contributed by atoms with E-state index in [0.29, 0.717) is 13.2 Å². The fraction of sp³-hybridized carbons (Fsp3) is 0.833. The maximum Gasteiger partial charge on any atom is 0.310 e. The summed E-state index contributed by atoms with van der Waals surface area (Å²) in [7, 11) is 1.76. The van der Waals surface area contributed by atoms with Gasteiger partial charge in [-0.3, -0.25) is 9.59 Å². The number of rotatable bonds is 4. The van der Waals surface area contributed by atoms with Crippen molar-refractivity contribution in [2.75, 3.05) is 26.7 Å². The third-order valence-corrected chi connectivity index (χ3v) is 3.16. The number of hydrogen-bond donors (Lipinski definition) is 1. The van der Waals surface area contributed by atoms with Crippen molar-refractivity contribution in [2.24, 2.45) is 5.92 Å². The highest BCUT2D eigenvalue weighted by Gasteiger charge is 2.30. The Kier molecular flexibility index (Phi) is 5.41. The van der Waals surface area contributed by atoms with Crippen LogP contribution < -0.4 is 5.32 Å². The van der Waals surface area contributed by atoms with Crippen molar-refractivity contribution in [1.29, 1.82) is 0 Å². The maximum absolute atomic E-state index is 12.0. The van der Waals surface area contributed by atoms with Gasteiger partial charge in [0.25, 0.3) is 0 Å². The van der Waals surface area contributed by atoms with Crippen molar-refractivity contribution in [3.05, 3.63) is 0 Å². The molecule has 1 N–H and O–H groups in total. The summed E-state index contributed by atoms with van der Waals surface area (Å²) in [6.07, 6.45) is 1.68. The summed E-state index contributed by atoms with van der Waals surface area (Å²) in [5, 5.41) is 2.92. The van der Waals surface area contributed by atoms with Gasteiger partial charge < -0.3 is 15.0 Å². The molecule has 0 aromatic carbocycles. The van der Waals surface area contributed by atoms with Gasteiger partial charge in [0.05, 0.1) is 18.6 Å². The Morgan fingerprint density at radius 1 is 1.53 bits per heavy atom. The molecule has 1 heterocycles. The third-order valence-electron chi connectivity index (χ3n) is 3.16. The van der Waals surface area contributed by atoms with Gasteiger partial charge in [0, 0.05) is 13.1 Å². The number of esters is 1. The van der Waals surface area contributed by atoms with Crippen molar-refractivity contribution in [2.45, 2.75) is 32.7 Å². The Morgan fingerprint density at radius 3 is 2.82 bits per heavy atom. The van der Waals surface area contributed by atoms with Crippen molar-refractivity contribution in [3.8, 4) is 0 Å². The summed E-state index contributed by atoms with van der Waals surface area (Å²) >= 11 is 0. The van der Waals surface area contributed by atoms with Crippen LogP contribution in [0.1, 0.15) is 26.7 Å². The summed E-state index contributed by atoms with van der Waals surface area (Å²) in [6, 6.07) is -0.198. The summed E-state index contributed by atoms with van der Waals surface area (Å²) in [4.78, 5) is 25.4. The summed E-state index contributed by atoms with van der Waals surface area (Å²) in [5.41, 5.74) is 0. The fourth-order valence-electron chi connectivity index (χ4n) is 2.03. The second-order valence-corrected chi connectivity index (χ2v) is 4.39. The number of likely N-dealkylation sites (N-methyl/N-ethyl adjacent to an activating group) is 1. The van der Waals surface area contributed by atoms with Gasteiger partial charge >= 0.3 is 5.97 Å². The highest BCUT2D eigenvalue weighted by Crippen LogP contribution is 2.18. The molecule has 1 amide bonds. The maximum atomic E-state index is 12.0. The minimum Gasteiger partial charge on any atom is -0.466 e. The lowest BCUT2D eigenvalue weighted by Gasteiger charge is -2.33. The smallest absolute Gasteiger partial charge is 0.310 e. The molecule has 1 aliphatic rings. The number of ether oxygens (including phenoxy) is 1. The molecule has 17 heavy (non-hydrogen) atoms. The average Bonchev–Trinajstić information content (AvgIpc) is 2.37. The van der Waals surface area contributed by atoms with Gasteiger partial charge in [-0.1, -0.05) is 0 Å². The summed E-state index contributed by atoms with van der Waals surface area (Å²) in [6.45, 7) is 5.25. The quantitative estimate of drug-likeness (QED) is 0.725. The zero-order valence-corrected chi connectivity index (χ0v) is 10.9. The summed E-state index contributed by atoms with van der Waals surface area (Å²) < 4.78 is 5.00. The molecule has 1 rings (SSSR count). The Hall–Kier alpha value is -1.10. The van der Waals surface area contributed by atoms with E-state index in [1.807, 2.05) is 6.92 Å². The van der Waals surface area contributed by atoms with Crippen LogP contribution in [-0.4, -0.2) is 49.6 Å². The van der Waals surface area contributed by atoms with E-state index in [-0.39, 0.29) is 23.8 Å².